The van der Waals surface area contributed by atoms with E-state index >= 15 is 0 Å². The fraction of sp³-hybridized carbons (Fsp3) is 0.923. The summed E-state index contributed by atoms with van der Waals surface area (Å²) >= 11 is 0. The second-order valence-corrected chi connectivity index (χ2v) is 6.50. The third-order valence-electron chi connectivity index (χ3n) is 3.82. The Morgan fingerprint density at radius 2 is 1.79 bits per heavy atom. The van der Waals surface area contributed by atoms with Crippen molar-refractivity contribution < 1.29 is 28.8 Å². The summed E-state index contributed by atoms with van der Waals surface area (Å²) in [7, 11) is 0. The molecule has 3 rings (SSSR count). The van der Waals surface area contributed by atoms with Gasteiger partial charge in [0.15, 0.2) is 11.4 Å². The van der Waals surface area contributed by atoms with E-state index in [4.69, 9.17) is 18.9 Å². The zero-order valence-corrected chi connectivity index (χ0v) is 11.6. The van der Waals surface area contributed by atoms with Crippen LogP contribution in [-0.4, -0.2) is 46.6 Å². The molecule has 4 atom stereocenters. The predicted octanol–water partition coefficient (Wildman–Crippen LogP) is 0.710. The van der Waals surface area contributed by atoms with Gasteiger partial charge >= 0.3 is 5.97 Å². The van der Waals surface area contributed by atoms with Crippen molar-refractivity contribution in [2.75, 3.05) is 0 Å². The molecule has 3 fully saturated rings. The molecule has 0 aromatic heterocycles. The molecule has 0 aromatic rings. The van der Waals surface area contributed by atoms with E-state index in [1.54, 1.807) is 27.7 Å². The molecule has 0 amide bonds. The highest BCUT2D eigenvalue weighted by Crippen LogP contribution is 2.47. The number of cyclic esters (lactones) is 1. The molecule has 3 aliphatic rings. The zero-order valence-electron chi connectivity index (χ0n) is 11.6. The Labute approximate surface area is 112 Å². The molecule has 0 unspecified atom stereocenters. The molecule has 6 nitrogen and oxygen atoms in total. The number of hydrogen-bond acceptors (Lipinski definition) is 6. The van der Waals surface area contributed by atoms with Crippen molar-refractivity contribution in [2.45, 2.75) is 76.0 Å². The first-order chi connectivity index (χ1) is 8.63. The molecule has 1 N–H and O–H groups in total. The van der Waals surface area contributed by atoms with Crippen LogP contribution in [0.4, 0.5) is 0 Å². The highest BCUT2D eigenvalue weighted by molar-refractivity contribution is 5.82. The van der Waals surface area contributed by atoms with Gasteiger partial charge in [-0.15, -0.1) is 0 Å². The number of hydrogen-bond donors (Lipinski definition) is 1. The molecule has 6 heteroatoms. The molecule has 1 aliphatic carbocycles. The maximum Gasteiger partial charge on any atom is 0.341 e. The number of ether oxygens (including phenoxy) is 4. The summed E-state index contributed by atoms with van der Waals surface area (Å²) in [6.45, 7) is 6.97. The maximum absolute atomic E-state index is 12.1. The molecular weight excluding hydrogens is 252 g/mol. The van der Waals surface area contributed by atoms with Gasteiger partial charge in [0.25, 0.3) is 0 Å². The minimum Gasteiger partial charge on any atom is -0.432 e. The van der Waals surface area contributed by atoms with Gasteiger partial charge in [-0.2, -0.15) is 0 Å². The summed E-state index contributed by atoms with van der Waals surface area (Å²) < 4.78 is 22.4. The predicted molar refractivity (Wildman–Crippen MR) is 63.1 cm³/mol. The Balaban J connectivity index is 1.87. The van der Waals surface area contributed by atoms with Crippen molar-refractivity contribution in [1.29, 1.82) is 0 Å². The topological polar surface area (TPSA) is 74.2 Å². The number of aliphatic hydroxyl groups excluding tert-OH is 1. The zero-order chi connectivity index (χ0) is 14.1. The fourth-order valence-corrected chi connectivity index (χ4v) is 3.31. The lowest BCUT2D eigenvalue weighted by Gasteiger charge is -2.37. The van der Waals surface area contributed by atoms with Crippen LogP contribution >= 0.6 is 0 Å². The quantitative estimate of drug-likeness (QED) is 0.655. The fourth-order valence-electron chi connectivity index (χ4n) is 3.31. The number of carbonyl (C=O) groups is 1. The van der Waals surface area contributed by atoms with E-state index in [9.17, 15) is 9.90 Å². The van der Waals surface area contributed by atoms with Gasteiger partial charge in [-0.3, -0.25) is 0 Å². The highest BCUT2D eigenvalue weighted by atomic mass is 16.8. The van der Waals surface area contributed by atoms with Crippen LogP contribution in [0.5, 0.6) is 0 Å². The Hall–Kier alpha value is -0.690. The number of fused-ring (bicyclic) bond motifs is 1. The molecule has 1 spiro atoms. The standard InChI is InChI=1S/C13H20O6/c1-11(2)16-8-6-13(5-7(14)9(8)17-11)10(15)18-12(3,4)19-13/h7-9,14H,5-6H2,1-4H3/t7-,8-,9+,13-/m1/s1. The Morgan fingerprint density at radius 1 is 1.11 bits per heavy atom. The first kappa shape index (κ1) is 13.3. The molecule has 19 heavy (non-hydrogen) atoms. The molecule has 108 valence electrons. The summed E-state index contributed by atoms with van der Waals surface area (Å²) in [6, 6.07) is 0. The Kier molecular flexibility index (Phi) is 2.59. The van der Waals surface area contributed by atoms with Crippen molar-refractivity contribution in [3.05, 3.63) is 0 Å². The second kappa shape index (κ2) is 3.69. The first-order valence-electron chi connectivity index (χ1n) is 6.60. The van der Waals surface area contributed by atoms with E-state index in [2.05, 4.69) is 0 Å². The van der Waals surface area contributed by atoms with Crippen molar-refractivity contribution in [1.82, 2.24) is 0 Å². The van der Waals surface area contributed by atoms with Gasteiger partial charge in [-0.05, 0) is 13.8 Å². The van der Waals surface area contributed by atoms with E-state index in [0.717, 1.165) is 0 Å². The summed E-state index contributed by atoms with van der Waals surface area (Å²) in [5.41, 5.74) is -1.12. The number of esters is 1. The van der Waals surface area contributed by atoms with E-state index in [1.165, 1.54) is 0 Å². The van der Waals surface area contributed by atoms with Gasteiger partial charge in [0, 0.05) is 26.7 Å². The molecule has 2 saturated heterocycles. The van der Waals surface area contributed by atoms with Crippen LogP contribution in [-0.2, 0) is 23.7 Å². The lowest BCUT2D eigenvalue weighted by Crippen LogP contribution is -2.54. The van der Waals surface area contributed by atoms with E-state index in [1.807, 2.05) is 0 Å². The highest BCUT2D eigenvalue weighted by Gasteiger charge is 2.62. The van der Waals surface area contributed by atoms with Crippen molar-refractivity contribution in [3.63, 3.8) is 0 Å². The lowest BCUT2D eigenvalue weighted by molar-refractivity contribution is -0.188. The van der Waals surface area contributed by atoms with Crippen LogP contribution in [0.3, 0.4) is 0 Å². The summed E-state index contributed by atoms with van der Waals surface area (Å²) in [5, 5.41) is 10.2. The van der Waals surface area contributed by atoms with Crippen molar-refractivity contribution in [2.24, 2.45) is 0 Å². The SMILES string of the molecule is CC1(C)O[C@H]2[C@H](O)C[C@]3(C[C@H]2O1)OC(C)(C)OC3=O. The molecular formula is C13H20O6. The van der Waals surface area contributed by atoms with Crippen LogP contribution < -0.4 is 0 Å². The van der Waals surface area contributed by atoms with Gasteiger partial charge in [-0.25, -0.2) is 4.79 Å². The monoisotopic (exact) mass is 272 g/mol. The minimum absolute atomic E-state index is 0.176. The molecule has 0 radical (unpaired) electrons. The third-order valence-corrected chi connectivity index (χ3v) is 3.82. The summed E-state index contributed by atoms with van der Waals surface area (Å²) in [5.74, 6) is -2.14. The average molecular weight is 272 g/mol. The van der Waals surface area contributed by atoms with Gasteiger partial charge in [-0.1, -0.05) is 0 Å². The van der Waals surface area contributed by atoms with Gasteiger partial charge in [0.1, 0.15) is 6.10 Å². The van der Waals surface area contributed by atoms with Gasteiger partial charge in [0.05, 0.1) is 12.2 Å². The Bertz CT molecular complexity index is 417. The first-order valence-corrected chi connectivity index (χ1v) is 6.60. The van der Waals surface area contributed by atoms with Crippen LogP contribution in [0.1, 0.15) is 40.5 Å². The second-order valence-electron chi connectivity index (χ2n) is 6.50. The largest absolute Gasteiger partial charge is 0.432 e. The maximum atomic E-state index is 12.1. The van der Waals surface area contributed by atoms with Crippen LogP contribution in [0.25, 0.3) is 0 Å². The molecule has 2 heterocycles. The minimum atomic E-state index is -1.12. The molecule has 1 saturated carbocycles. The van der Waals surface area contributed by atoms with Crippen LogP contribution in [0, 0.1) is 0 Å². The lowest BCUT2D eigenvalue weighted by atomic mass is 9.79. The van der Waals surface area contributed by atoms with Crippen molar-refractivity contribution >= 4 is 5.97 Å². The van der Waals surface area contributed by atoms with Gasteiger partial charge < -0.3 is 24.1 Å². The summed E-state index contributed by atoms with van der Waals surface area (Å²) in [4.78, 5) is 12.1. The number of rotatable bonds is 0. The van der Waals surface area contributed by atoms with E-state index in [0.29, 0.717) is 6.42 Å². The molecule has 0 aromatic carbocycles. The smallest absolute Gasteiger partial charge is 0.341 e. The van der Waals surface area contributed by atoms with E-state index < -0.39 is 35.4 Å². The number of aliphatic hydroxyl groups is 1. The molecule has 0 bridgehead atoms. The van der Waals surface area contributed by atoms with Crippen LogP contribution in [0.2, 0.25) is 0 Å². The van der Waals surface area contributed by atoms with Gasteiger partial charge in [0.2, 0.25) is 5.79 Å². The van der Waals surface area contributed by atoms with Crippen LogP contribution in [0.15, 0.2) is 0 Å². The molecule has 2 aliphatic heterocycles. The normalized spacial score (nSPS) is 47.2. The average Bonchev–Trinajstić information content (AvgIpc) is 2.61. The Morgan fingerprint density at radius 3 is 2.37 bits per heavy atom. The third kappa shape index (κ3) is 2.07. The summed E-state index contributed by atoms with van der Waals surface area (Å²) in [6.07, 6.45) is -1.06. The van der Waals surface area contributed by atoms with E-state index in [-0.39, 0.29) is 12.5 Å². The number of carbonyl (C=O) groups excluding carboxylic acids is 1. The van der Waals surface area contributed by atoms with Crippen molar-refractivity contribution in [3.8, 4) is 0 Å².